The Morgan fingerprint density at radius 3 is 1.86 bits per heavy atom. The van der Waals surface area contributed by atoms with Crippen LogP contribution in [0, 0.1) is 30.7 Å². The molecule has 2 aliphatic rings. The molecular weight excluding hydrogens is 444 g/mol. The van der Waals surface area contributed by atoms with E-state index in [1.807, 2.05) is 23.9 Å². The van der Waals surface area contributed by atoms with E-state index in [0.717, 1.165) is 0 Å². The van der Waals surface area contributed by atoms with Gasteiger partial charge in [0.05, 0.1) is 18.7 Å². The molecule has 0 atom stereocenters. The van der Waals surface area contributed by atoms with Crippen LogP contribution in [-0.4, -0.2) is 36.6 Å². The summed E-state index contributed by atoms with van der Waals surface area (Å²) in [5, 5.41) is 20.9. The molecule has 0 saturated heterocycles. The monoisotopic (exact) mass is 458 g/mol. The van der Waals surface area contributed by atoms with Crippen LogP contribution in [0.4, 0.5) is 11.4 Å². The summed E-state index contributed by atoms with van der Waals surface area (Å²) in [6.45, 7) is 3.61. The number of hydrogen-bond acceptors (Lipinski definition) is 7. The second-order valence-corrected chi connectivity index (χ2v) is 4.46. The molecule has 0 radical (unpaired) electrons. The Morgan fingerprint density at radius 1 is 1.05 bits per heavy atom. The predicted molar refractivity (Wildman–Crippen MR) is 76.1 cm³/mol. The summed E-state index contributed by atoms with van der Waals surface area (Å²) in [5.41, 5.74) is 1.92. The number of benzene rings is 1. The van der Waals surface area contributed by atoms with Gasteiger partial charge in [-0.2, -0.15) is 15.5 Å². The molecule has 8 heteroatoms. The van der Waals surface area contributed by atoms with Gasteiger partial charge in [0.25, 0.3) is 0 Å². The molecular formula is C13H12N7Os-3. The Hall–Kier alpha value is -2.11. The van der Waals surface area contributed by atoms with Crippen molar-refractivity contribution in [3.05, 3.63) is 37.1 Å². The standard InChI is InChI=1S/C13H12N7.Os/c1-17-7-15-19(9-17)12-3-11(6-14)4-13(5-12)20-10-18(2)8-16-20;/h3-4,7-10H,1-2H3;/q-3;. The number of rotatable bonds is 2. The normalized spacial score (nSPS) is 16.4. The molecule has 0 aliphatic carbocycles. The Balaban J connectivity index is 0.00000161. The van der Waals surface area contributed by atoms with Gasteiger partial charge in [0.15, 0.2) is 0 Å². The molecule has 0 bridgehead atoms. The average molecular weight is 457 g/mol. The quantitative estimate of drug-likeness (QED) is 0.621. The molecule has 110 valence electrons. The summed E-state index contributed by atoms with van der Waals surface area (Å²) >= 11 is 0. The molecule has 1 aromatic carbocycles. The number of hydrazone groups is 2. The van der Waals surface area contributed by atoms with Crippen molar-refractivity contribution in [2.75, 3.05) is 24.1 Å². The summed E-state index contributed by atoms with van der Waals surface area (Å²) in [6.07, 6.45) is 3.36. The molecule has 0 unspecified atom stereocenters. The minimum Gasteiger partial charge on any atom is -0.493 e. The van der Waals surface area contributed by atoms with Crippen molar-refractivity contribution in [2.24, 2.45) is 10.2 Å². The summed E-state index contributed by atoms with van der Waals surface area (Å²) < 4.78 is 0. The first kappa shape index (κ1) is 15.3. The van der Waals surface area contributed by atoms with Crippen LogP contribution in [0.3, 0.4) is 0 Å². The molecule has 7 nitrogen and oxygen atoms in total. The van der Waals surface area contributed by atoms with Crippen molar-refractivity contribution in [1.29, 1.82) is 5.26 Å². The van der Waals surface area contributed by atoms with E-state index in [4.69, 9.17) is 5.26 Å². The van der Waals surface area contributed by atoms with Crippen LogP contribution in [0.15, 0.2) is 22.3 Å². The molecule has 0 fully saturated rings. The van der Waals surface area contributed by atoms with E-state index in [1.165, 1.54) is 0 Å². The third kappa shape index (κ3) is 3.14. The van der Waals surface area contributed by atoms with Gasteiger partial charge in [-0.05, 0) is 14.1 Å². The number of hydrogen-bond donors (Lipinski definition) is 0. The molecule has 0 N–H and O–H groups in total. The number of nitriles is 1. The van der Waals surface area contributed by atoms with Crippen molar-refractivity contribution in [3.8, 4) is 6.07 Å². The first-order chi connectivity index (χ1) is 9.65. The smallest absolute Gasteiger partial charge is 0.0803 e. The van der Waals surface area contributed by atoms with Crippen LogP contribution in [0.5, 0.6) is 0 Å². The van der Waals surface area contributed by atoms with Gasteiger partial charge in [-0.25, -0.2) is 0 Å². The number of anilines is 2. The fourth-order valence-electron chi connectivity index (χ4n) is 1.84. The molecule has 1 aromatic rings. The summed E-state index contributed by atoms with van der Waals surface area (Å²) in [4.78, 5) is 3.64. The van der Waals surface area contributed by atoms with Gasteiger partial charge < -0.3 is 19.8 Å². The third-order valence-corrected chi connectivity index (χ3v) is 2.76. The largest absolute Gasteiger partial charge is 0.493 e. The molecule has 0 saturated carbocycles. The van der Waals surface area contributed by atoms with Crippen LogP contribution in [0.2, 0.25) is 0 Å². The van der Waals surface area contributed by atoms with Crippen molar-refractivity contribution in [3.63, 3.8) is 0 Å². The van der Waals surface area contributed by atoms with Crippen LogP contribution < -0.4 is 10.0 Å². The van der Waals surface area contributed by atoms with Gasteiger partial charge in [0.1, 0.15) is 0 Å². The Bertz CT molecular complexity index is 577. The number of nitrogens with zero attached hydrogens (tertiary/aromatic N) is 7. The van der Waals surface area contributed by atoms with Gasteiger partial charge in [0.2, 0.25) is 0 Å². The van der Waals surface area contributed by atoms with E-state index in [2.05, 4.69) is 22.3 Å². The van der Waals surface area contributed by atoms with Crippen LogP contribution in [0.25, 0.3) is 0 Å². The van der Waals surface area contributed by atoms with Gasteiger partial charge in [-0.15, -0.1) is 31.5 Å². The second-order valence-electron chi connectivity index (χ2n) is 4.46. The van der Waals surface area contributed by atoms with Crippen molar-refractivity contribution in [2.45, 2.75) is 0 Å². The van der Waals surface area contributed by atoms with E-state index in [1.54, 1.807) is 48.2 Å². The van der Waals surface area contributed by atoms with Crippen molar-refractivity contribution >= 4 is 24.1 Å². The minimum atomic E-state index is 0. The van der Waals surface area contributed by atoms with E-state index in [0.29, 0.717) is 16.9 Å². The van der Waals surface area contributed by atoms with Crippen molar-refractivity contribution < 1.29 is 19.8 Å². The molecule has 0 aromatic heterocycles. The maximum atomic E-state index is 9.16. The molecule has 3 rings (SSSR count). The topological polar surface area (TPSA) is 61.5 Å². The fourth-order valence-corrected chi connectivity index (χ4v) is 1.84. The summed E-state index contributed by atoms with van der Waals surface area (Å²) in [6, 6.07) is 8.82. The second kappa shape index (κ2) is 6.11. The van der Waals surface area contributed by atoms with Crippen LogP contribution >= 0.6 is 0 Å². The Morgan fingerprint density at radius 2 is 1.52 bits per heavy atom. The SMILES string of the molecule is CN1C=NN(c2[c-]c(N3[CH-]N(C)C=N3)cc(C#N)c2)[CH-]1.[Os]. The molecule has 21 heavy (non-hydrogen) atoms. The van der Waals surface area contributed by atoms with Crippen LogP contribution in [-0.2, 0) is 19.8 Å². The maximum absolute atomic E-state index is 9.16. The minimum absolute atomic E-state index is 0. The van der Waals surface area contributed by atoms with Gasteiger partial charge in [0, 0.05) is 19.8 Å². The Labute approximate surface area is 136 Å². The molecule has 2 heterocycles. The fraction of sp³-hybridized carbons (Fsp3) is 0.154. The Kier molecular flexibility index (Phi) is 4.45. The van der Waals surface area contributed by atoms with E-state index >= 15 is 0 Å². The van der Waals surface area contributed by atoms with E-state index in [-0.39, 0.29) is 19.8 Å². The van der Waals surface area contributed by atoms with Gasteiger partial charge in [-0.1, -0.05) is 16.9 Å². The first-order valence-corrected chi connectivity index (χ1v) is 5.94. The third-order valence-electron chi connectivity index (χ3n) is 2.76. The maximum Gasteiger partial charge on any atom is 0.0803 e. The predicted octanol–water partition coefficient (Wildman–Crippen LogP) is 0.985. The van der Waals surface area contributed by atoms with Gasteiger partial charge >= 0.3 is 0 Å². The van der Waals surface area contributed by atoms with Gasteiger partial charge in [-0.3, -0.25) is 0 Å². The van der Waals surface area contributed by atoms with E-state index in [9.17, 15) is 0 Å². The van der Waals surface area contributed by atoms with Crippen LogP contribution in [0.1, 0.15) is 5.56 Å². The van der Waals surface area contributed by atoms with E-state index < -0.39 is 0 Å². The van der Waals surface area contributed by atoms with Crippen molar-refractivity contribution in [1.82, 2.24) is 9.80 Å². The summed E-state index contributed by atoms with van der Waals surface area (Å²) in [7, 11) is 3.76. The zero-order chi connectivity index (χ0) is 14.1. The molecule has 2 aliphatic heterocycles. The zero-order valence-electron chi connectivity index (χ0n) is 11.4. The zero-order valence-corrected chi connectivity index (χ0v) is 14.0. The first-order valence-electron chi connectivity index (χ1n) is 5.94. The summed E-state index contributed by atoms with van der Waals surface area (Å²) in [5.74, 6) is 0. The molecule has 0 amide bonds. The average Bonchev–Trinajstić information content (AvgIpc) is 3.07. The molecule has 0 spiro atoms.